The fraction of sp³-hybridized carbons (Fsp3) is 0. The Hall–Kier alpha value is -17.2. The van der Waals surface area contributed by atoms with Crippen LogP contribution in [0.5, 0.6) is 0 Å². The molecule has 0 saturated heterocycles. The van der Waals surface area contributed by atoms with E-state index in [1.165, 1.54) is 98.7 Å². The average molecular weight is 1850 g/mol. The summed E-state index contributed by atoms with van der Waals surface area (Å²) in [5.74, 6) is 0. The number of fused-ring (bicyclic) bond motifs is 5. The summed E-state index contributed by atoms with van der Waals surface area (Å²) >= 11 is 10.2. The lowest BCUT2D eigenvalue weighted by molar-refractivity contribution is 0.420. The Bertz CT molecular complexity index is 4960. The van der Waals surface area contributed by atoms with Gasteiger partial charge < -0.3 is 33.3 Å². The van der Waals surface area contributed by atoms with Gasteiger partial charge in [-0.2, -0.15) is 36.9 Å². The Morgan fingerprint density at radius 1 is 0.267 bits per heavy atom. The van der Waals surface area contributed by atoms with Gasteiger partial charge in [-0.1, -0.05) is 90.1 Å². The monoisotopic (exact) mass is 1850 g/mol. The number of H-pyrrole nitrogens is 6. The molecule has 0 unspecified atom stereocenters. The molecule has 32 nitrogen and oxygen atoms in total. The maximum absolute atomic E-state index is 4.58. The minimum Gasteiger partial charge on any atom is -0.473 e. The van der Waals surface area contributed by atoms with E-state index in [9.17, 15) is 0 Å². The third kappa shape index (κ3) is 58.6. The molecule has 131 heavy (non-hydrogen) atoms. The second-order valence-electron chi connectivity index (χ2n) is 22.4. The minimum absolute atomic E-state index is 0.949. The number of aromatic nitrogens is 29. The zero-order valence-electron chi connectivity index (χ0n) is 69.9. The highest BCUT2D eigenvalue weighted by Crippen LogP contribution is 2.25. The van der Waals surface area contributed by atoms with Crippen molar-refractivity contribution in [1.82, 2.24) is 145 Å². The zero-order chi connectivity index (χ0) is 91.3. The molecule has 6 N–H and O–H groups in total. The molecule has 22 aromatic heterocycles. The maximum atomic E-state index is 4.58. The SMILES string of the molecule is c1c[nH]cn1.c1cc2sccc2s1.c1cc[nH]c1.c1ccc2[nH]ccc2c1.c1ccc2[nH]cnc2c1.c1ccc2nccnc2c1.c1ccc2sccc2c1.c1ccncc1.c1ccncc1.c1ccoc1.c1ccsc1.c1cn[nH]c1.c1cn[nH]n1.c1cnccn1.c1cncnc1.c1cnncn1.c1cnoc1.c1cnsc1.c1cocn1.c1cscn1.c1ncncn1. The quantitative estimate of drug-likeness (QED) is 0.0821. The molecule has 22 heterocycles. The highest BCUT2D eigenvalue weighted by atomic mass is 32.1. The van der Waals surface area contributed by atoms with E-state index >= 15 is 0 Å². The lowest BCUT2D eigenvalue weighted by atomic mass is 10.3. The van der Waals surface area contributed by atoms with Gasteiger partial charge in [-0.05, 0) is 183 Å². The predicted molar refractivity (Wildman–Crippen MR) is 522 cm³/mol. The second-order valence-corrected chi connectivity index (χ2v) is 27.5. The molecule has 0 bridgehead atoms. The smallest absolute Gasteiger partial charge is 0.180 e. The summed E-state index contributed by atoms with van der Waals surface area (Å²) in [7, 11) is 0. The summed E-state index contributed by atoms with van der Waals surface area (Å²) in [4.78, 5) is 71.7. The molecule has 0 atom stereocenters. The Balaban J connectivity index is 0.000000213. The van der Waals surface area contributed by atoms with E-state index in [0.29, 0.717) is 0 Å². The molecule has 0 aliphatic carbocycles. The first-order valence-electron chi connectivity index (χ1n) is 38.4. The standard InChI is InChI=1S/C8H6N2.C8H7N.C8H6S.C7H6N2.C6H4S2.2C5H5N.2C4H4N2.C4H5N.C4H4O.C4H4S.2C3H3N3.2C3H4N2.2C3H3NO.2C3H3NS.C2H3N3/c1-2-4-8-7(3-1)9-5-6-10-8;2*1-2-4-8-7(3-1)5-6-9-8;1-2-4-7-6(3-1)8-5-9-7;1-3-7-6-2-4-8-5(1)6;2*1-2-4-6-5-3-1;1-2-6-4-3-5-1;1-2-5-4-6-3-1;3*1-2-4-5-3-1;1-4-2-6-3-5-1;1-2-5-6-3-4-1;1-2-5-3-4-1;1-2-4-5-3-1;1-2-5-3-4-1;1-2-4-5-3-1;1-2-5-3-4-1;2*1-2-4-5-3-1/h1-6H;1-6,9H;1-6H;1-5H,(H,8,9);1-4H;2*1-5H;2*1-4H;1-5H;2*1-4H;2*1-3H;2*1-3H,(H,4,5);4*1-3H;1-2H,(H,3,4,5). The number of benzene rings is 4. The number of nitrogens with zero attached hydrogens (tertiary/aromatic N) is 23. The van der Waals surface area contributed by atoms with Crippen molar-refractivity contribution in [3.05, 3.63) is 505 Å². The largest absolute Gasteiger partial charge is 0.473 e. The van der Waals surface area contributed by atoms with Crippen molar-refractivity contribution >= 4 is 121 Å². The van der Waals surface area contributed by atoms with Crippen LogP contribution < -0.4 is 0 Å². The van der Waals surface area contributed by atoms with Crippen LogP contribution in [0.1, 0.15) is 0 Å². The zero-order valence-corrected chi connectivity index (χ0v) is 74.8. The van der Waals surface area contributed by atoms with Crippen molar-refractivity contribution in [1.29, 1.82) is 0 Å². The van der Waals surface area contributed by atoms with Crippen LogP contribution in [-0.4, -0.2) is 145 Å². The number of para-hydroxylation sites is 5. The highest BCUT2D eigenvalue weighted by molar-refractivity contribution is 7.25. The number of furan rings is 1. The first-order chi connectivity index (χ1) is 65.3. The Kier molecular flexibility index (Phi) is 61.7. The van der Waals surface area contributed by atoms with Gasteiger partial charge >= 0.3 is 0 Å². The molecule has 26 rings (SSSR count). The minimum atomic E-state index is 0.949. The summed E-state index contributed by atoms with van der Waals surface area (Å²) in [6.07, 6.45) is 64.1. The summed E-state index contributed by atoms with van der Waals surface area (Å²) in [6, 6.07) is 71.1. The third-order valence-corrected chi connectivity index (χ3v) is 17.8. The van der Waals surface area contributed by atoms with E-state index in [4.69, 9.17) is 0 Å². The number of imidazole rings is 2. The van der Waals surface area contributed by atoms with Crippen LogP contribution in [0.3, 0.4) is 0 Å². The number of hydrogen-bond acceptors (Lipinski definition) is 32. The molecule has 26 aromatic rings. The van der Waals surface area contributed by atoms with Crippen LogP contribution >= 0.6 is 68.2 Å². The van der Waals surface area contributed by atoms with Gasteiger partial charge in [0, 0.05) is 167 Å². The number of nitrogens with one attached hydrogen (secondary N) is 6. The number of thiazole rings is 1. The van der Waals surface area contributed by atoms with Crippen LogP contribution in [0.2, 0.25) is 0 Å². The molecule has 660 valence electrons. The van der Waals surface area contributed by atoms with Gasteiger partial charge in [0.05, 0.1) is 83.7 Å². The van der Waals surface area contributed by atoms with Gasteiger partial charge in [0.2, 0.25) is 0 Å². The van der Waals surface area contributed by atoms with Gasteiger partial charge in [0.1, 0.15) is 44.2 Å². The van der Waals surface area contributed by atoms with Crippen LogP contribution in [0.4, 0.5) is 0 Å². The fourth-order valence-electron chi connectivity index (χ4n) is 7.96. The topological polar surface area (TPSA) is 431 Å². The van der Waals surface area contributed by atoms with E-state index in [1.807, 2.05) is 186 Å². The van der Waals surface area contributed by atoms with Crippen molar-refractivity contribution in [3.63, 3.8) is 0 Å². The molecule has 38 heteroatoms. The molecule has 0 aliphatic rings. The van der Waals surface area contributed by atoms with Crippen molar-refractivity contribution in [2.75, 3.05) is 0 Å². The molecular formula is C93H89N29O3S6. The summed E-state index contributed by atoms with van der Waals surface area (Å²) in [5, 5.41) is 42.7. The number of thiophene rings is 4. The van der Waals surface area contributed by atoms with Gasteiger partial charge in [0.15, 0.2) is 6.39 Å². The van der Waals surface area contributed by atoms with Crippen LogP contribution in [-0.2, 0) is 0 Å². The van der Waals surface area contributed by atoms with Gasteiger partial charge in [0.25, 0.3) is 0 Å². The van der Waals surface area contributed by atoms with Crippen molar-refractivity contribution in [2.45, 2.75) is 0 Å². The lowest BCUT2D eigenvalue weighted by Crippen LogP contribution is -1.78. The number of hydrogen-bond donors (Lipinski definition) is 6. The maximum Gasteiger partial charge on any atom is 0.180 e. The number of oxazole rings is 1. The molecule has 0 amide bonds. The molecular weight excluding hydrogens is 1760 g/mol. The first-order valence-corrected chi connectivity index (χ1v) is 43.8. The lowest BCUT2D eigenvalue weighted by Gasteiger charge is -1.90. The normalized spacial score (nSPS) is 8.76. The van der Waals surface area contributed by atoms with E-state index in [1.54, 1.807) is 242 Å². The molecule has 0 spiro atoms. The number of rotatable bonds is 0. The van der Waals surface area contributed by atoms with E-state index in [0.717, 1.165) is 22.1 Å². The molecule has 0 saturated carbocycles. The van der Waals surface area contributed by atoms with Crippen molar-refractivity contribution < 1.29 is 13.4 Å². The average Bonchev–Trinajstić information content (AvgIpc) is 1.08. The third-order valence-electron chi connectivity index (χ3n) is 13.4. The summed E-state index contributed by atoms with van der Waals surface area (Å²) < 4.78 is 21.3. The van der Waals surface area contributed by atoms with Gasteiger partial charge in [-0.15, -0.1) is 50.4 Å². The molecule has 0 radical (unpaired) electrons. The second kappa shape index (κ2) is 78.8. The van der Waals surface area contributed by atoms with E-state index in [-0.39, 0.29) is 0 Å². The summed E-state index contributed by atoms with van der Waals surface area (Å²) in [5.41, 5.74) is 7.02. The van der Waals surface area contributed by atoms with Gasteiger partial charge in [-0.3, -0.25) is 40.0 Å². The van der Waals surface area contributed by atoms with Crippen LogP contribution in [0, 0.1) is 0 Å². The van der Waals surface area contributed by atoms with Crippen molar-refractivity contribution in [3.8, 4) is 0 Å². The molecule has 4 aromatic carbocycles. The summed E-state index contributed by atoms with van der Waals surface area (Å²) in [6.45, 7) is 0. The number of pyridine rings is 2. The molecule has 0 aliphatic heterocycles. The fourth-order valence-corrected chi connectivity index (χ4v) is 11.7. The van der Waals surface area contributed by atoms with E-state index < -0.39 is 0 Å². The highest BCUT2D eigenvalue weighted by Gasteiger charge is 1.93. The molecule has 0 fully saturated rings. The van der Waals surface area contributed by atoms with E-state index in [2.05, 4.69) is 235 Å². The van der Waals surface area contributed by atoms with Gasteiger partial charge in [-0.25, -0.2) is 49.2 Å². The van der Waals surface area contributed by atoms with Crippen LogP contribution in [0.25, 0.3) is 52.5 Å². The Labute approximate surface area is 778 Å². The Morgan fingerprint density at radius 3 is 1.22 bits per heavy atom. The predicted octanol–water partition coefficient (Wildman–Crippen LogP) is 22.4. The van der Waals surface area contributed by atoms with Crippen molar-refractivity contribution in [2.24, 2.45) is 0 Å². The number of aromatic amines is 6. The first kappa shape index (κ1) is 103. The Morgan fingerprint density at radius 2 is 0.878 bits per heavy atom. The van der Waals surface area contributed by atoms with Crippen LogP contribution in [0.15, 0.2) is 518 Å².